The Morgan fingerprint density at radius 3 is 2.57 bits per heavy atom. The lowest BCUT2D eigenvalue weighted by Crippen LogP contribution is -2.11. The number of nitrogens with zero attached hydrogens (tertiary/aromatic N) is 1. The second kappa shape index (κ2) is 7.57. The molecule has 1 rings (SSSR count). The molecule has 0 saturated heterocycles. The molecule has 116 valence electrons. The number of rotatable bonds is 7. The van der Waals surface area contributed by atoms with Crippen LogP contribution in [-0.4, -0.2) is 27.4 Å². The van der Waals surface area contributed by atoms with Crippen LogP contribution in [0.2, 0.25) is 0 Å². The van der Waals surface area contributed by atoms with Gasteiger partial charge in [-0.15, -0.1) is 0 Å². The van der Waals surface area contributed by atoms with Gasteiger partial charge in [-0.1, -0.05) is 32.1 Å². The van der Waals surface area contributed by atoms with Crippen molar-refractivity contribution in [2.75, 3.05) is 6.61 Å². The summed E-state index contributed by atoms with van der Waals surface area (Å²) in [6.07, 6.45) is 5.08. The molecule has 1 aromatic heterocycles. The fourth-order valence-electron chi connectivity index (χ4n) is 2.07. The smallest absolute Gasteiger partial charge is 0.333 e. The minimum atomic E-state index is -0.483. The molecule has 0 radical (unpaired) electrons. The van der Waals surface area contributed by atoms with Crippen LogP contribution < -0.4 is 0 Å². The quantitative estimate of drug-likeness (QED) is 0.599. The highest BCUT2D eigenvalue weighted by Gasteiger charge is 2.20. The van der Waals surface area contributed by atoms with Gasteiger partial charge in [0.25, 0.3) is 0 Å². The summed E-state index contributed by atoms with van der Waals surface area (Å²) in [4.78, 5) is 11.3. The van der Waals surface area contributed by atoms with Crippen LogP contribution in [0, 0.1) is 0 Å². The molecule has 0 saturated carbocycles. The highest BCUT2D eigenvalue weighted by molar-refractivity contribution is 5.86. The van der Waals surface area contributed by atoms with Crippen LogP contribution in [0.15, 0.2) is 18.2 Å². The van der Waals surface area contributed by atoms with Gasteiger partial charge >= 0.3 is 5.97 Å². The van der Waals surface area contributed by atoms with E-state index in [0.29, 0.717) is 23.1 Å². The number of esters is 1. The average molecular weight is 293 g/mol. The Morgan fingerprint density at radius 1 is 1.38 bits per heavy atom. The standard InChI is InChI=1S/C16H23NO4/c1-5-7-12-13(8-6-2)15(19)17(14(12)18)9-10-21-16(20)11(3)4/h5,7,18-19H,3,6,8-10H2,1-2,4H3/b7-5+. The first-order chi connectivity index (χ1) is 9.93. The fraction of sp³-hybridized carbons (Fsp3) is 0.438. The number of aromatic nitrogens is 1. The molecule has 5 heteroatoms. The van der Waals surface area contributed by atoms with Crippen LogP contribution in [0.5, 0.6) is 11.8 Å². The minimum Gasteiger partial charge on any atom is -0.494 e. The molecular weight excluding hydrogens is 270 g/mol. The third-order valence-electron chi connectivity index (χ3n) is 3.08. The largest absolute Gasteiger partial charge is 0.494 e. The molecule has 0 aliphatic heterocycles. The van der Waals surface area contributed by atoms with Gasteiger partial charge in [0.05, 0.1) is 6.54 Å². The van der Waals surface area contributed by atoms with E-state index in [1.54, 1.807) is 19.1 Å². The Morgan fingerprint density at radius 2 is 2.05 bits per heavy atom. The molecule has 0 unspecified atom stereocenters. The van der Waals surface area contributed by atoms with Gasteiger partial charge in [-0.25, -0.2) is 4.79 Å². The zero-order chi connectivity index (χ0) is 16.0. The maximum atomic E-state index is 11.3. The fourth-order valence-corrected chi connectivity index (χ4v) is 2.07. The molecule has 5 nitrogen and oxygen atoms in total. The lowest BCUT2D eigenvalue weighted by molar-refractivity contribution is -0.139. The van der Waals surface area contributed by atoms with Crippen molar-refractivity contribution in [2.24, 2.45) is 0 Å². The second-order valence-corrected chi connectivity index (χ2v) is 4.86. The molecule has 0 aliphatic carbocycles. The Labute approximate surface area is 125 Å². The first kappa shape index (κ1) is 16.9. The van der Waals surface area contributed by atoms with E-state index >= 15 is 0 Å². The van der Waals surface area contributed by atoms with Crippen LogP contribution in [0.4, 0.5) is 0 Å². The molecule has 0 amide bonds. The third-order valence-corrected chi connectivity index (χ3v) is 3.08. The van der Waals surface area contributed by atoms with E-state index in [-0.39, 0.29) is 24.9 Å². The minimum absolute atomic E-state index is 0.0135. The SMILES string of the molecule is C=C(C)C(=O)OCCn1c(O)c(/C=C/C)c(CCC)c1O. The first-order valence-corrected chi connectivity index (χ1v) is 7.02. The maximum absolute atomic E-state index is 11.3. The number of aromatic hydroxyl groups is 2. The summed E-state index contributed by atoms with van der Waals surface area (Å²) in [5, 5.41) is 20.4. The Hall–Kier alpha value is -2.17. The molecular formula is C16H23NO4. The average Bonchev–Trinajstić information content (AvgIpc) is 2.65. The molecule has 0 spiro atoms. The maximum Gasteiger partial charge on any atom is 0.333 e. The van der Waals surface area contributed by atoms with Crippen molar-refractivity contribution in [3.8, 4) is 11.8 Å². The zero-order valence-corrected chi connectivity index (χ0v) is 12.8. The second-order valence-electron chi connectivity index (χ2n) is 4.86. The van der Waals surface area contributed by atoms with E-state index in [0.717, 1.165) is 6.42 Å². The normalized spacial score (nSPS) is 11.0. The molecule has 0 bridgehead atoms. The summed E-state index contributed by atoms with van der Waals surface area (Å²) in [5.41, 5.74) is 1.64. The number of carbonyl (C=O) groups is 1. The first-order valence-electron chi connectivity index (χ1n) is 7.02. The van der Waals surface area contributed by atoms with Crippen molar-refractivity contribution in [3.63, 3.8) is 0 Å². The summed E-state index contributed by atoms with van der Waals surface area (Å²) >= 11 is 0. The van der Waals surface area contributed by atoms with Crippen LogP contribution in [0.1, 0.15) is 38.3 Å². The van der Waals surface area contributed by atoms with Gasteiger partial charge in [-0.2, -0.15) is 0 Å². The number of hydrogen-bond donors (Lipinski definition) is 2. The Balaban J connectivity index is 2.94. The Bertz CT molecular complexity index is 555. The van der Waals surface area contributed by atoms with E-state index in [4.69, 9.17) is 4.74 Å². The summed E-state index contributed by atoms with van der Waals surface area (Å²) in [6.45, 7) is 9.15. The molecule has 0 aliphatic rings. The summed E-state index contributed by atoms with van der Waals surface area (Å²) in [7, 11) is 0. The monoisotopic (exact) mass is 293 g/mol. The third kappa shape index (κ3) is 3.90. The van der Waals surface area contributed by atoms with Crippen LogP contribution in [0.3, 0.4) is 0 Å². The van der Waals surface area contributed by atoms with Gasteiger partial charge in [-0.05, 0) is 20.3 Å². The van der Waals surface area contributed by atoms with Crippen molar-refractivity contribution in [1.82, 2.24) is 4.57 Å². The molecule has 0 aromatic carbocycles. The van der Waals surface area contributed by atoms with Crippen molar-refractivity contribution < 1.29 is 19.7 Å². The van der Waals surface area contributed by atoms with Crippen LogP contribution in [0.25, 0.3) is 6.08 Å². The van der Waals surface area contributed by atoms with Crippen molar-refractivity contribution in [3.05, 3.63) is 29.4 Å². The van der Waals surface area contributed by atoms with Crippen molar-refractivity contribution in [1.29, 1.82) is 0 Å². The number of allylic oxidation sites excluding steroid dienone is 1. The van der Waals surface area contributed by atoms with Gasteiger partial charge in [-0.3, -0.25) is 4.57 Å². The van der Waals surface area contributed by atoms with Crippen molar-refractivity contribution in [2.45, 2.75) is 40.2 Å². The summed E-state index contributed by atoms with van der Waals surface area (Å²) in [5.74, 6) is -0.474. The predicted molar refractivity (Wildman–Crippen MR) is 82.2 cm³/mol. The topological polar surface area (TPSA) is 71.7 Å². The van der Waals surface area contributed by atoms with Gasteiger partial charge in [0, 0.05) is 16.7 Å². The van der Waals surface area contributed by atoms with Crippen LogP contribution in [-0.2, 0) is 22.5 Å². The van der Waals surface area contributed by atoms with E-state index in [1.165, 1.54) is 4.57 Å². The lowest BCUT2D eigenvalue weighted by Gasteiger charge is -2.08. The lowest BCUT2D eigenvalue weighted by atomic mass is 10.1. The van der Waals surface area contributed by atoms with E-state index in [1.807, 2.05) is 13.8 Å². The molecule has 21 heavy (non-hydrogen) atoms. The van der Waals surface area contributed by atoms with E-state index < -0.39 is 5.97 Å². The summed E-state index contributed by atoms with van der Waals surface area (Å²) < 4.78 is 6.34. The number of hydrogen-bond acceptors (Lipinski definition) is 4. The molecule has 0 atom stereocenters. The Kier molecular flexibility index (Phi) is 6.09. The molecule has 0 fully saturated rings. The number of ether oxygens (including phenoxy) is 1. The summed E-state index contributed by atoms with van der Waals surface area (Å²) in [6, 6.07) is 0. The zero-order valence-electron chi connectivity index (χ0n) is 12.8. The van der Waals surface area contributed by atoms with E-state index in [9.17, 15) is 15.0 Å². The highest BCUT2D eigenvalue weighted by atomic mass is 16.5. The van der Waals surface area contributed by atoms with Gasteiger partial charge in [0.1, 0.15) is 6.61 Å². The predicted octanol–water partition coefficient (Wildman–Crippen LogP) is 3.00. The highest BCUT2D eigenvalue weighted by Crippen LogP contribution is 2.35. The molecule has 2 N–H and O–H groups in total. The van der Waals surface area contributed by atoms with E-state index in [2.05, 4.69) is 6.58 Å². The van der Waals surface area contributed by atoms with Gasteiger partial charge < -0.3 is 14.9 Å². The van der Waals surface area contributed by atoms with Crippen molar-refractivity contribution >= 4 is 12.0 Å². The van der Waals surface area contributed by atoms with Gasteiger partial charge in [0.15, 0.2) is 5.88 Å². The molecule has 1 aromatic rings. The number of carbonyl (C=O) groups excluding carboxylic acids is 1. The molecule has 1 heterocycles. The van der Waals surface area contributed by atoms with Gasteiger partial charge in [0.2, 0.25) is 5.88 Å². The van der Waals surface area contributed by atoms with Crippen LogP contribution >= 0.6 is 0 Å².